The predicted octanol–water partition coefficient (Wildman–Crippen LogP) is 2.28. The Labute approximate surface area is 86.5 Å². The van der Waals surface area contributed by atoms with Gasteiger partial charge in [-0.15, -0.1) is 0 Å². The Kier molecular flexibility index (Phi) is 4.40. The van der Waals surface area contributed by atoms with Crippen molar-refractivity contribution in [2.75, 3.05) is 0 Å². The van der Waals surface area contributed by atoms with Crippen LogP contribution in [0.5, 0.6) is 0 Å². The van der Waals surface area contributed by atoms with Gasteiger partial charge in [0.15, 0.2) is 0 Å². The molecule has 0 aromatic heterocycles. The minimum Gasteiger partial charge on any atom is -0.481 e. The number of aliphatic carboxylic acids is 1. The van der Waals surface area contributed by atoms with Crippen LogP contribution in [0.4, 0.5) is 0 Å². The maximum atomic E-state index is 10.8. The molecular weight excluding hydrogens is 205 g/mol. The van der Waals surface area contributed by atoms with Crippen molar-refractivity contribution in [1.82, 2.24) is 0 Å². The van der Waals surface area contributed by atoms with Crippen molar-refractivity contribution in [1.29, 1.82) is 0 Å². The molecule has 1 unspecified atom stereocenters. The summed E-state index contributed by atoms with van der Waals surface area (Å²) in [5.41, 5.74) is 0.0179. The fourth-order valence-corrected chi connectivity index (χ4v) is 1.95. The fourth-order valence-electron chi connectivity index (χ4n) is 1.95. The van der Waals surface area contributed by atoms with E-state index in [1.54, 1.807) is 0 Å². The second kappa shape index (κ2) is 4.36. The van der Waals surface area contributed by atoms with Crippen molar-refractivity contribution in [3.05, 3.63) is 0 Å². The molecule has 0 aliphatic heterocycles. The average Bonchev–Trinajstić information content (AvgIpc) is 1.85. The molecule has 1 N–H and O–H groups in total. The van der Waals surface area contributed by atoms with E-state index >= 15 is 0 Å². The summed E-state index contributed by atoms with van der Waals surface area (Å²) in [7, 11) is 0. The molecule has 0 heterocycles. The van der Waals surface area contributed by atoms with Gasteiger partial charge in [0.05, 0.1) is 5.92 Å². The van der Waals surface area contributed by atoms with Crippen molar-refractivity contribution in [3.8, 4) is 0 Å². The Morgan fingerprint density at radius 2 is 2.00 bits per heavy atom. The largest absolute Gasteiger partial charge is 0.481 e. The second-order valence-corrected chi connectivity index (χ2v) is 4.13. The average molecular weight is 222 g/mol. The van der Waals surface area contributed by atoms with Crippen molar-refractivity contribution in [2.24, 2.45) is 11.3 Å². The van der Waals surface area contributed by atoms with Crippen LogP contribution in [-0.4, -0.2) is 11.1 Å². The first kappa shape index (κ1) is 12.1. The smallest absolute Gasteiger partial charge is 0.307 e. The molecule has 2 nitrogen and oxygen atoms in total. The summed E-state index contributed by atoms with van der Waals surface area (Å²) in [5.74, 6) is -0.731. The predicted molar refractivity (Wildman–Crippen MR) is 43.4 cm³/mol. The van der Waals surface area contributed by atoms with Crippen LogP contribution in [0, 0.1) is 11.3 Å². The standard InChI is InChI=1S/C9H16O2.Zn/c1-9(2)6-4-3-5-7(9)8(10)11;/h7H,3-6H2,1-2H3,(H,10,11);. The zero-order valence-electron chi connectivity index (χ0n) is 7.97. The summed E-state index contributed by atoms with van der Waals surface area (Å²) >= 11 is 0. The van der Waals surface area contributed by atoms with Gasteiger partial charge in [-0.2, -0.15) is 0 Å². The van der Waals surface area contributed by atoms with E-state index in [0.717, 1.165) is 19.3 Å². The van der Waals surface area contributed by atoms with Crippen LogP contribution in [0.2, 0.25) is 0 Å². The number of rotatable bonds is 1. The van der Waals surface area contributed by atoms with Crippen LogP contribution in [0.1, 0.15) is 39.5 Å². The van der Waals surface area contributed by atoms with E-state index in [2.05, 4.69) is 13.8 Å². The van der Waals surface area contributed by atoms with Gasteiger partial charge < -0.3 is 5.11 Å². The van der Waals surface area contributed by atoms with Gasteiger partial charge in [0.2, 0.25) is 0 Å². The van der Waals surface area contributed by atoms with Crippen LogP contribution in [0.3, 0.4) is 0 Å². The van der Waals surface area contributed by atoms with E-state index in [0.29, 0.717) is 0 Å². The molecule has 0 amide bonds. The fraction of sp³-hybridized carbons (Fsp3) is 0.889. The molecule has 1 rings (SSSR count). The van der Waals surface area contributed by atoms with Gasteiger partial charge >= 0.3 is 5.97 Å². The van der Waals surface area contributed by atoms with Crippen molar-refractivity contribution in [3.63, 3.8) is 0 Å². The first-order chi connectivity index (χ1) is 5.04. The quantitative estimate of drug-likeness (QED) is 0.690. The number of carbonyl (C=O) groups is 1. The normalized spacial score (nSPS) is 27.3. The van der Waals surface area contributed by atoms with Gasteiger partial charge in [0, 0.05) is 19.5 Å². The van der Waals surface area contributed by atoms with Gasteiger partial charge in [0.25, 0.3) is 0 Å². The molecule has 1 aliphatic rings. The minimum absolute atomic E-state index is 0. The third kappa shape index (κ3) is 2.55. The Balaban J connectivity index is 0.00000121. The van der Waals surface area contributed by atoms with E-state index in [-0.39, 0.29) is 30.8 Å². The number of hydrogen-bond acceptors (Lipinski definition) is 1. The van der Waals surface area contributed by atoms with E-state index in [1.165, 1.54) is 6.42 Å². The van der Waals surface area contributed by atoms with Gasteiger partial charge in [-0.1, -0.05) is 26.7 Å². The molecule has 66 valence electrons. The topological polar surface area (TPSA) is 37.3 Å². The van der Waals surface area contributed by atoms with Crippen molar-refractivity contribution >= 4 is 5.97 Å². The molecule has 0 aromatic rings. The summed E-state index contributed by atoms with van der Waals surface area (Å²) in [5, 5.41) is 8.87. The van der Waals surface area contributed by atoms with Crippen molar-refractivity contribution < 1.29 is 29.4 Å². The molecule has 1 saturated carbocycles. The molecule has 0 aromatic carbocycles. The van der Waals surface area contributed by atoms with E-state index in [4.69, 9.17) is 5.11 Å². The molecule has 0 bridgehead atoms. The Morgan fingerprint density at radius 3 is 2.33 bits per heavy atom. The Hall–Kier alpha value is 0.0934. The Bertz CT molecular complexity index is 166. The SMILES string of the molecule is CC1(C)CCCCC1C(=O)O.[Zn]. The van der Waals surface area contributed by atoms with Gasteiger partial charge in [-0.05, 0) is 18.3 Å². The van der Waals surface area contributed by atoms with E-state index < -0.39 is 5.97 Å². The molecule has 0 saturated heterocycles. The maximum Gasteiger partial charge on any atom is 0.307 e. The summed E-state index contributed by atoms with van der Waals surface area (Å²) in [6.45, 7) is 4.12. The van der Waals surface area contributed by atoms with E-state index in [1.807, 2.05) is 0 Å². The summed E-state index contributed by atoms with van der Waals surface area (Å²) < 4.78 is 0. The summed E-state index contributed by atoms with van der Waals surface area (Å²) in [6.07, 6.45) is 4.20. The van der Waals surface area contributed by atoms with Gasteiger partial charge in [-0.25, -0.2) is 0 Å². The minimum atomic E-state index is -0.616. The van der Waals surface area contributed by atoms with Crippen LogP contribution in [-0.2, 0) is 24.3 Å². The maximum absolute atomic E-state index is 10.8. The van der Waals surface area contributed by atoms with Crippen LogP contribution < -0.4 is 0 Å². The monoisotopic (exact) mass is 220 g/mol. The Morgan fingerprint density at radius 1 is 1.42 bits per heavy atom. The molecule has 3 heteroatoms. The number of hydrogen-bond donors (Lipinski definition) is 1. The molecule has 1 atom stereocenters. The zero-order chi connectivity index (χ0) is 8.48. The van der Waals surface area contributed by atoms with Crippen LogP contribution in [0.15, 0.2) is 0 Å². The summed E-state index contributed by atoms with van der Waals surface area (Å²) in [6, 6.07) is 0. The van der Waals surface area contributed by atoms with Crippen LogP contribution >= 0.6 is 0 Å². The van der Waals surface area contributed by atoms with Crippen molar-refractivity contribution in [2.45, 2.75) is 39.5 Å². The summed E-state index contributed by atoms with van der Waals surface area (Å²) in [4.78, 5) is 10.8. The second-order valence-electron chi connectivity index (χ2n) is 4.13. The number of carboxylic acid groups (broad SMARTS) is 1. The van der Waals surface area contributed by atoms with E-state index in [9.17, 15) is 4.79 Å². The molecule has 0 radical (unpaired) electrons. The number of carboxylic acids is 1. The molecule has 12 heavy (non-hydrogen) atoms. The first-order valence-corrected chi connectivity index (χ1v) is 4.27. The third-order valence-electron chi connectivity index (χ3n) is 2.81. The van der Waals surface area contributed by atoms with Crippen LogP contribution in [0.25, 0.3) is 0 Å². The first-order valence-electron chi connectivity index (χ1n) is 4.27. The molecule has 1 aliphatic carbocycles. The van der Waals surface area contributed by atoms with Gasteiger partial charge in [-0.3, -0.25) is 4.79 Å². The van der Waals surface area contributed by atoms with Gasteiger partial charge in [0.1, 0.15) is 0 Å². The molecule has 1 fully saturated rings. The molecular formula is C9H16O2Zn. The zero-order valence-corrected chi connectivity index (χ0v) is 10.9. The molecule has 0 spiro atoms. The third-order valence-corrected chi connectivity index (χ3v) is 2.81.